The SMILES string of the molecule is CNCC1CCCN1Cc1c(Br)cnn1C.Cl. The van der Waals surface area contributed by atoms with Crippen molar-refractivity contribution >= 4 is 28.3 Å². The average molecular weight is 324 g/mol. The Morgan fingerprint density at radius 1 is 1.59 bits per heavy atom. The third-order valence-electron chi connectivity index (χ3n) is 3.30. The van der Waals surface area contributed by atoms with Crippen LogP contribution in [0.15, 0.2) is 10.7 Å². The monoisotopic (exact) mass is 322 g/mol. The van der Waals surface area contributed by atoms with Crippen LogP contribution in [0.2, 0.25) is 0 Å². The fourth-order valence-corrected chi connectivity index (χ4v) is 2.85. The van der Waals surface area contributed by atoms with E-state index in [0.29, 0.717) is 6.04 Å². The van der Waals surface area contributed by atoms with E-state index in [9.17, 15) is 0 Å². The maximum atomic E-state index is 4.26. The minimum atomic E-state index is 0. The highest BCUT2D eigenvalue weighted by Crippen LogP contribution is 2.23. The number of hydrogen-bond acceptors (Lipinski definition) is 3. The van der Waals surface area contributed by atoms with Crippen molar-refractivity contribution in [3.8, 4) is 0 Å². The first kappa shape index (κ1) is 15.0. The highest BCUT2D eigenvalue weighted by atomic mass is 79.9. The number of aromatic nitrogens is 2. The van der Waals surface area contributed by atoms with Crippen LogP contribution in [-0.4, -0.2) is 40.9 Å². The van der Waals surface area contributed by atoms with Gasteiger partial charge in [0.1, 0.15) is 0 Å². The predicted molar refractivity (Wildman–Crippen MR) is 75.5 cm³/mol. The van der Waals surface area contributed by atoms with Gasteiger partial charge in [0.15, 0.2) is 0 Å². The molecule has 1 saturated heterocycles. The van der Waals surface area contributed by atoms with Gasteiger partial charge in [0, 0.05) is 26.2 Å². The fourth-order valence-electron chi connectivity index (χ4n) is 2.38. The molecule has 6 heteroatoms. The van der Waals surface area contributed by atoms with Gasteiger partial charge in [-0.1, -0.05) is 0 Å². The number of rotatable bonds is 4. The summed E-state index contributed by atoms with van der Waals surface area (Å²) in [6.45, 7) is 3.27. The van der Waals surface area contributed by atoms with Crippen LogP contribution in [0.3, 0.4) is 0 Å². The van der Waals surface area contributed by atoms with Gasteiger partial charge in [0.05, 0.1) is 16.4 Å². The molecule has 1 unspecified atom stereocenters. The Morgan fingerprint density at radius 3 is 2.94 bits per heavy atom. The molecule has 2 heterocycles. The molecule has 0 spiro atoms. The topological polar surface area (TPSA) is 33.1 Å². The number of nitrogens with zero attached hydrogens (tertiary/aromatic N) is 3. The third kappa shape index (κ3) is 3.44. The summed E-state index contributed by atoms with van der Waals surface area (Å²) in [6, 6.07) is 0.673. The summed E-state index contributed by atoms with van der Waals surface area (Å²) in [6.07, 6.45) is 4.48. The van der Waals surface area contributed by atoms with Crippen molar-refractivity contribution in [2.45, 2.75) is 25.4 Å². The van der Waals surface area contributed by atoms with Crippen LogP contribution in [-0.2, 0) is 13.6 Å². The zero-order valence-corrected chi connectivity index (χ0v) is 12.7. The smallest absolute Gasteiger partial charge is 0.0663 e. The zero-order valence-electron chi connectivity index (χ0n) is 10.3. The molecule has 17 heavy (non-hydrogen) atoms. The first-order valence-electron chi connectivity index (χ1n) is 5.77. The molecular formula is C11H20BrClN4. The van der Waals surface area contributed by atoms with Gasteiger partial charge in [-0.2, -0.15) is 5.10 Å². The lowest BCUT2D eigenvalue weighted by atomic mass is 10.2. The predicted octanol–water partition coefficient (Wildman–Crippen LogP) is 1.79. The molecule has 1 aromatic heterocycles. The van der Waals surface area contributed by atoms with Crippen molar-refractivity contribution in [3.63, 3.8) is 0 Å². The molecule has 4 nitrogen and oxygen atoms in total. The first-order chi connectivity index (χ1) is 7.72. The summed E-state index contributed by atoms with van der Waals surface area (Å²) < 4.78 is 3.07. The Morgan fingerprint density at radius 2 is 2.35 bits per heavy atom. The van der Waals surface area contributed by atoms with Gasteiger partial charge in [0.2, 0.25) is 0 Å². The highest BCUT2D eigenvalue weighted by molar-refractivity contribution is 9.10. The number of halogens is 2. The summed E-state index contributed by atoms with van der Waals surface area (Å²) >= 11 is 3.56. The molecule has 2 rings (SSSR count). The van der Waals surface area contributed by atoms with Crippen LogP contribution in [0, 0.1) is 0 Å². The van der Waals surface area contributed by atoms with Gasteiger partial charge < -0.3 is 5.32 Å². The van der Waals surface area contributed by atoms with Gasteiger partial charge >= 0.3 is 0 Å². The quantitative estimate of drug-likeness (QED) is 0.917. The number of likely N-dealkylation sites (tertiary alicyclic amines) is 1. The van der Waals surface area contributed by atoms with Crippen LogP contribution in [0.25, 0.3) is 0 Å². The maximum absolute atomic E-state index is 4.26. The Kier molecular flexibility index (Phi) is 5.92. The van der Waals surface area contributed by atoms with Crippen molar-refractivity contribution < 1.29 is 0 Å². The Hall–Kier alpha value is -0.100. The molecule has 0 radical (unpaired) electrons. The normalized spacial score (nSPS) is 20.5. The van der Waals surface area contributed by atoms with Crippen LogP contribution in [0.4, 0.5) is 0 Å². The molecule has 0 aromatic carbocycles. The van der Waals surface area contributed by atoms with E-state index in [1.165, 1.54) is 25.1 Å². The molecule has 0 aliphatic carbocycles. The van der Waals surface area contributed by atoms with Crippen LogP contribution in [0.5, 0.6) is 0 Å². The Labute approximate surface area is 117 Å². The molecule has 1 aliphatic heterocycles. The number of likely N-dealkylation sites (N-methyl/N-ethyl adjacent to an activating group) is 1. The van der Waals surface area contributed by atoms with Crippen LogP contribution < -0.4 is 5.32 Å². The summed E-state index contributed by atoms with van der Waals surface area (Å²) in [5.41, 5.74) is 1.27. The number of hydrogen-bond donors (Lipinski definition) is 1. The number of nitrogens with one attached hydrogen (secondary N) is 1. The summed E-state index contributed by atoms with van der Waals surface area (Å²) in [5.74, 6) is 0. The van der Waals surface area contributed by atoms with Gasteiger partial charge in [-0.15, -0.1) is 12.4 Å². The van der Waals surface area contributed by atoms with Crippen LogP contribution >= 0.6 is 28.3 Å². The van der Waals surface area contributed by atoms with E-state index in [-0.39, 0.29) is 12.4 Å². The standard InChI is InChI=1S/C11H19BrN4.ClH/c1-13-6-9-4-3-5-16(9)8-11-10(12)7-14-15(11)2;/h7,9,13H,3-6,8H2,1-2H3;1H. The second kappa shape index (κ2) is 6.73. The van der Waals surface area contributed by atoms with E-state index in [2.05, 4.69) is 31.2 Å². The average Bonchev–Trinajstić information content (AvgIpc) is 2.81. The van der Waals surface area contributed by atoms with E-state index < -0.39 is 0 Å². The molecule has 1 aliphatic rings. The molecule has 1 atom stereocenters. The zero-order chi connectivity index (χ0) is 11.5. The molecule has 1 aromatic rings. The van der Waals surface area contributed by atoms with Gasteiger partial charge in [-0.3, -0.25) is 9.58 Å². The lowest BCUT2D eigenvalue weighted by molar-refractivity contribution is 0.236. The molecule has 1 N–H and O–H groups in total. The second-order valence-corrected chi connectivity index (χ2v) is 5.24. The lowest BCUT2D eigenvalue weighted by Crippen LogP contribution is -2.36. The van der Waals surface area contributed by atoms with Crippen molar-refractivity contribution in [2.75, 3.05) is 20.1 Å². The molecule has 1 fully saturated rings. The van der Waals surface area contributed by atoms with E-state index in [1.54, 1.807) is 0 Å². The van der Waals surface area contributed by atoms with Crippen LogP contribution in [0.1, 0.15) is 18.5 Å². The number of aryl methyl sites for hydroxylation is 1. The van der Waals surface area contributed by atoms with E-state index in [1.807, 2.05) is 25.0 Å². The molecule has 0 bridgehead atoms. The van der Waals surface area contributed by atoms with Gasteiger partial charge in [-0.25, -0.2) is 0 Å². The summed E-state index contributed by atoms with van der Waals surface area (Å²) in [4.78, 5) is 2.54. The fraction of sp³-hybridized carbons (Fsp3) is 0.727. The van der Waals surface area contributed by atoms with E-state index in [4.69, 9.17) is 0 Å². The lowest BCUT2D eigenvalue weighted by Gasteiger charge is -2.24. The van der Waals surface area contributed by atoms with Crippen molar-refractivity contribution in [1.82, 2.24) is 20.0 Å². The molecular weight excluding hydrogens is 304 g/mol. The molecule has 0 saturated carbocycles. The highest BCUT2D eigenvalue weighted by Gasteiger charge is 2.25. The Bertz CT molecular complexity index is 336. The summed E-state index contributed by atoms with van der Waals surface area (Å²) in [7, 11) is 4.03. The first-order valence-corrected chi connectivity index (χ1v) is 6.56. The van der Waals surface area contributed by atoms with Crippen molar-refractivity contribution in [2.24, 2.45) is 7.05 Å². The van der Waals surface area contributed by atoms with Crippen molar-refractivity contribution in [1.29, 1.82) is 0 Å². The minimum absolute atomic E-state index is 0. The summed E-state index contributed by atoms with van der Waals surface area (Å²) in [5, 5.41) is 7.53. The third-order valence-corrected chi connectivity index (χ3v) is 3.96. The van der Waals surface area contributed by atoms with E-state index in [0.717, 1.165) is 17.6 Å². The van der Waals surface area contributed by atoms with E-state index >= 15 is 0 Å². The minimum Gasteiger partial charge on any atom is -0.318 e. The largest absolute Gasteiger partial charge is 0.318 e. The van der Waals surface area contributed by atoms with Gasteiger partial charge in [-0.05, 0) is 42.4 Å². The maximum Gasteiger partial charge on any atom is 0.0663 e. The molecule has 98 valence electrons. The Balaban J connectivity index is 0.00000144. The second-order valence-electron chi connectivity index (χ2n) is 4.39. The van der Waals surface area contributed by atoms with Crippen molar-refractivity contribution in [3.05, 3.63) is 16.4 Å². The molecule has 0 amide bonds. The van der Waals surface area contributed by atoms with Gasteiger partial charge in [0.25, 0.3) is 0 Å².